The maximum Gasteiger partial charge on any atom is 0.150 e. The van der Waals surface area contributed by atoms with E-state index in [1.165, 1.54) is 12.1 Å². The predicted molar refractivity (Wildman–Crippen MR) is 64.8 cm³/mol. The molecule has 1 aromatic carbocycles. The minimum Gasteiger partial charge on any atom is -0.327 e. The summed E-state index contributed by atoms with van der Waals surface area (Å²) in [6.45, 7) is 0. The largest absolute Gasteiger partial charge is 0.327 e. The van der Waals surface area contributed by atoms with Crippen molar-refractivity contribution in [2.75, 3.05) is 11.5 Å². The third-order valence-electron chi connectivity index (χ3n) is 3.23. The van der Waals surface area contributed by atoms with Crippen LogP contribution in [0.4, 0.5) is 4.39 Å². The van der Waals surface area contributed by atoms with Crippen LogP contribution in [0.3, 0.4) is 0 Å². The first kappa shape index (κ1) is 12.5. The molecular formula is C12H16FNO2S. The lowest BCUT2D eigenvalue weighted by Crippen LogP contribution is -2.33. The third-order valence-corrected chi connectivity index (χ3v) is 5.03. The van der Waals surface area contributed by atoms with E-state index in [0.717, 1.165) is 5.56 Å². The fraction of sp³-hybridized carbons (Fsp3) is 0.500. The van der Waals surface area contributed by atoms with Crippen LogP contribution in [0.2, 0.25) is 0 Å². The Kier molecular flexibility index (Phi) is 3.49. The topological polar surface area (TPSA) is 60.2 Å². The molecule has 1 fully saturated rings. The Labute approximate surface area is 101 Å². The zero-order valence-corrected chi connectivity index (χ0v) is 10.3. The molecule has 0 saturated carbocycles. The van der Waals surface area contributed by atoms with E-state index < -0.39 is 9.84 Å². The van der Waals surface area contributed by atoms with Gasteiger partial charge in [-0.2, -0.15) is 0 Å². The Morgan fingerprint density at radius 1 is 1.47 bits per heavy atom. The van der Waals surface area contributed by atoms with Crippen LogP contribution < -0.4 is 5.73 Å². The van der Waals surface area contributed by atoms with E-state index in [1.807, 2.05) is 6.07 Å². The molecule has 1 aromatic rings. The minimum atomic E-state index is -2.90. The van der Waals surface area contributed by atoms with Crippen molar-refractivity contribution in [2.45, 2.75) is 18.9 Å². The molecule has 1 aliphatic heterocycles. The Bertz CT molecular complexity index is 501. The number of hydrogen-bond acceptors (Lipinski definition) is 3. The second-order valence-electron chi connectivity index (χ2n) is 4.66. The molecule has 0 spiro atoms. The van der Waals surface area contributed by atoms with Gasteiger partial charge in [0.1, 0.15) is 5.82 Å². The minimum absolute atomic E-state index is 0.00303. The summed E-state index contributed by atoms with van der Waals surface area (Å²) >= 11 is 0. The van der Waals surface area contributed by atoms with Gasteiger partial charge in [0, 0.05) is 6.04 Å². The molecule has 0 radical (unpaired) electrons. The second-order valence-corrected chi connectivity index (χ2v) is 6.89. The van der Waals surface area contributed by atoms with Crippen molar-refractivity contribution in [3.63, 3.8) is 0 Å². The molecule has 0 aromatic heterocycles. The molecule has 3 nitrogen and oxygen atoms in total. The van der Waals surface area contributed by atoms with Crippen molar-refractivity contribution in [2.24, 2.45) is 11.7 Å². The summed E-state index contributed by atoms with van der Waals surface area (Å²) in [4.78, 5) is 0. The van der Waals surface area contributed by atoms with E-state index in [-0.39, 0.29) is 29.3 Å². The molecule has 0 aliphatic carbocycles. The normalized spacial score (nSPS) is 24.7. The van der Waals surface area contributed by atoms with Crippen LogP contribution in [0.1, 0.15) is 12.0 Å². The molecule has 2 unspecified atom stereocenters. The zero-order chi connectivity index (χ0) is 12.5. The predicted octanol–water partition coefficient (Wildman–Crippen LogP) is 1.13. The standard InChI is InChI=1S/C12H16FNO2S/c13-11-3-1-2-9(6-11)7-12(14)10-4-5-17(15,16)8-10/h1-3,6,10,12H,4-5,7-8,14H2. The highest BCUT2D eigenvalue weighted by Gasteiger charge is 2.31. The smallest absolute Gasteiger partial charge is 0.150 e. The molecule has 0 bridgehead atoms. The monoisotopic (exact) mass is 257 g/mol. The first-order chi connectivity index (χ1) is 7.96. The molecule has 1 heterocycles. The molecule has 2 rings (SSSR count). The SMILES string of the molecule is NC(Cc1cccc(F)c1)C1CCS(=O)(=O)C1. The van der Waals surface area contributed by atoms with Gasteiger partial charge in [0.05, 0.1) is 11.5 Å². The Morgan fingerprint density at radius 3 is 2.82 bits per heavy atom. The van der Waals surface area contributed by atoms with Crippen LogP contribution >= 0.6 is 0 Å². The third kappa shape index (κ3) is 3.26. The summed E-state index contributed by atoms with van der Waals surface area (Å²) in [5, 5.41) is 0. The number of sulfone groups is 1. The lowest BCUT2D eigenvalue weighted by Gasteiger charge is -2.17. The number of halogens is 1. The van der Waals surface area contributed by atoms with E-state index in [0.29, 0.717) is 12.8 Å². The molecule has 2 N–H and O–H groups in total. The molecular weight excluding hydrogens is 241 g/mol. The van der Waals surface area contributed by atoms with Gasteiger partial charge in [-0.05, 0) is 36.5 Å². The molecule has 2 atom stereocenters. The molecule has 94 valence electrons. The van der Waals surface area contributed by atoms with Gasteiger partial charge in [0.2, 0.25) is 0 Å². The first-order valence-electron chi connectivity index (χ1n) is 5.67. The summed E-state index contributed by atoms with van der Waals surface area (Å²) < 4.78 is 35.7. The second kappa shape index (κ2) is 4.74. The lowest BCUT2D eigenvalue weighted by atomic mass is 9.94. The maximum atomic E-state index is 13.0. The van der Waals surface area contributed by atoms with Gasteiger partial charge in [-0.3, -0.25) is 0 Å². The van der Waals surface area contributed by atoms with Crippen molar-refractivity contribution < 1.29 is 12.8 Å². The van der Waals surface area contributed by atoms with Gasteiger partial charge in [0.15, 0.2) is 9.84 Å². The highest BCUT2D eigenvalue weighted by molar-refractivity contribution is 7.91. The summed E-state index contributed by atoms with van der Waals surface area (Å²) in [5.41, 5.74) is 6.82. The van der Waals surface area contributed by atoms with Crippen molar-refractivity contribution in [1.82, 2.24) is 0 Å². The Morgan fingerprint density at radius 2 is 2.24 bits per heavy atom. The highest BCUT2D eigenvalue weighted by atomic mass is 32.2. The summed E-state index contributed by atoms with van der Waals surface area (Å²) in [5.74, 6) is 0.120. The van der Waals surface area contributed by atoms with Crippen LogP contribution in [-0.4, -0.2) is 26.0 Å². The first-order valence-corrected chi connectivity index (χ1v) is 7.49. The molecule has 0 amide bonds. The van der Waals surface area contributed by atoms with Crippen LogP contribution in [0.25, 0.3) is 0 Å². The van der Waals surface area contributed by atoms with Crippen molar-refractivity contribution in [3.05, 3.63) is 35.6 Å². The van der Waals surface area contributed by atoms with E-state index in [9.17, 15) is 12.8 Å². The number of rotatable bonds is 3. The van der Waals surface area contributed by atoms with E-state index in [4.69, 9.17) is 5.73 Å². The van der Waals surface area contributed by atoms with Gasteiger partial charge < -0.3 is 5.73 Å². The lowest BCUT2D eigenvalue weighted by molar-refractivity contribution is 0.460. The molecule has 1 aliphatic rings. The summed E-state index contributed by atoms with van der Waals surface area (Å²) in [6.07, 6.45) is 1.15. The van der Waals surface area contributed by atoms with E-state index in [2.05, 4.69) is 0 Å². The zero-order valence-electron chi connectivity index (χ0n) is 9.47. The van der Waals surface area contributed by atoms with Gasteiger partial charge in [-0.15, -0.1) is 0 Å². The molecule has 17 heavy (non-hydrogen) atoms. The average Bonchev–Trinajstić information content (AvgIpc) is 2.59. The van der Waals surface area contributed by atoms with Crippen LogP contribution in [0.15, 0.2) is 24.3 Å². The average molecular weight is 257 g/mol. The van der Waals surface area contributed by atoms with Gasteiger partial charge in [0.25, 0.3) is 0 Å². The summed E-state index contributed by atoms with van der Waals surface area (Å²) in [6, 6.07) is 6.07. The maximum absolute atomic E-state index is 13.0. The molecule has 5 heteroatoms. The quantitative estimate of drug-likeness (QED) is 0.883. The fourth-order valence-corrected chi connectivity index (χ4v) is 4.16. The number of benzene rings is 1. The molecule has 1 saturated heterocycles. The van der Waals surface area contributed by atoms with E-state index in [1.54, 1.807) is 6.07 Å². The number of nitrogens with two attached hydrogens (primary N) is 1. The van der Waals surface area contributed by atoms with Crippen molar-refractivity contribution in [3.8, 4) is 0 Å². The van der Waals surface area contributed by atoms with Gasteiger partial charge in [-0.25, -0.2) is 12.8 Å². The van der Waals surface area contributed by atoms with Gasteiger partial charge in [-0.1, -0.05) is 12.1 Å². The summed E-state index contributed by atoms with van der Waals surface area (Å²) in [7, 11) is -2.90. The van der Waals surface area contributed by atoms with Crippen LogP contribution in [0.5, 0.6) is 0 Å². The Hall–Kier alpha value is -0.940. The van der Waals surface area contributed by atoms with Crippen molar-refractivity contribution in [1.29, 1.82) is 0 Å². The van der Waals surface area contributed by atoms with Crippen LogP contribution in [-0.2, 0) is 16.3 Å². The number of hydrogen-bond donors (Lipinski definition) is 1. The Balaban J connectivity index is 2.00. The van der Waals surface area contributed by atoms with Crippen molar-refractivity contribution >= 4 is 9.84 Å². The van der Waals surface area contributed by atoms with Crippen LogP contribution in [0, 0.1) is 11.7 Å². The van der Waals surface area contributed by atoms with E-state index >= 15 is 0 Å². The fourth-order valence-electron chi connectivity index (χ4n) is 2.26. The highest BCUT2D eigenvalue weighted by Crippen LogP contribution is 2.22. The van der Waals surface area contributed by atoms with Gasteiger partial charge >= 0.3 is 0 Å².